The number of hydrogen-bond acceptors (Lipinski definition) is 4. The predicted octanol–water partition coefficient (Wildman–Crippen LogP) is 7.42. The van der Waals surface area contributed by atoms with E-state index < -0.39 is 0 Å². The smallest absolute Gasteiger partial charge is 0.0977 e. The highest BCUT2D eigenvalue weighted by atomic mass is 14.9. The summed E-state index contributed by atoms with van der Waals surface area (Å²) in [5, 5.41) is 1.08. The summed E-state index contributed by atoms with van der Waals surface area (Å²) < 4.78 is 0. The molecule has 5 rings (SSSR count). The van der Waals surface area contributed by atoms with E-state index in [-0.39, 0.29) is 0 Å². The summed E-state index contributed by atoms with van der Waals surface area (Å²) in [7, 11) is 0. The number of benzene rings is 1. The molecule has 0 bridgehead atoms. The molecule has 3 heterocycles. The number of imidazole rings is 1. The van der Waals surface area contributed by atoms with Crippen molar-refractivity contribution in [3.8, 4) is 22.6 Å². The van der Waals surface area contributed by atoms with Crippen molar-refractivity contribution in [1.82, 2.24) is 19.9 Å². The summed E-state index contributed by atoms with van der Waals surface area (Å²) >= 11 is 0. The van der Waals surface area contributed by atoms with E-state index >= 15 is 0 Å². The van der Waals surface area contributed by atoms with Gasteiger partial charge in [-0.2, -0.15) is 0 Å². The number of nitrogens with one attached hydrogen (secondary N) is 1. The van der Waals surface area contributed by atoms with E-state index in [1.54, 1.807) is 6.33 Å². The third kappa shape index (κ3) is 5.78. The van der Waals surface area contributed by atoms with Crippen molar-refractivity contribution < 1.29 is 0 Å². The monoisotopic (exact) mass is 489 g/mol. The first-order valence-electron chi connectivity index (χ1n) is 13.3. The summed E-state index contributed by atoms with van der Waals surface area (Å²) in [4.78, 5) is 17.4. The minimum absolute atomic E-state index is 0.300. The molecule has 1 saturated carbocycles. The summed E-state index contributed by atoms with van der Waals surface area (Å²) in [5.74, 6) is 0.548. The number of nitrogens with zero attached hydrogens (tertiary/aromatic N) is 3. The molecule has 0 radical (unpaired) electrons. The molecular weight excluding hydrogens is 454 g/mol. The third-order valence-electron chi connectivity index (χ3n) is 7.26. The quantitative estimate of drug-likeness (QED) is 0.265. The lowest BCUT2D eigenvalue weighted by atomic mass is 9.82. The second-order valence-corrected chi connectivity index (χ2v) is 9.91. The van der Waals surface area contributed by atoms with Crippen molar-refractivity contribution in [2.45, 2.75) is 52.0 Å². The fraction of sp³-hybridized carbons (Fsp3) is 0.281. The Kier molecular flexibility index (Phi) is 7.71. The SMILES string of the molecule is C/C=C/C=C/C(=C\C[C@@H]1CCCC[C@H]1N)c1cnc2ccc(-c3nc[nH]c3-c3cccc(C)n3)cc2c1. The van der Waals surface area contributed by atoms with Crippen molar-refractivity contribution in [2.75, 3.05) is 0 Å². The number of allylic oxidation sites excluding steroid dienone is 6. The third-order valence-corrected chi connectivity index (χ3v) is 7.26. The normalized spacial score (nSPS) is 18.8. The maximum Gasteiger partial charge on any atom is 0.0977 e. The van der Waals surface area contributed by atoms with Crippen LogP contribution in [0.2, 0.25) is 0 Å². The Morgan fingerprint density at radius 1 is 1.08 bits per heavy atom. The van der Waals surface area contributed by atoms with Crippen LogP contribution in [0.25, 0.3) is 39.1 Å². The molecule has 1 aromatic carbocycles. The molecule has 188 valence electrons. The number of fused-ring (bicyclic) bond motifs is 1. The molecule has 2 atom stereocenters. The highest BCUT2D eigenvalue weighted by Gasteiger charge is 2.20. The van der Waals surface area contributed by atoms with E-state index in [1.165, 1.54) is 24.8 Å². The molecule has 0 saturated heterocycles. The topological polar surface area (TPSA) is 80.5 Å². The molecule has 3 aromatic heterocycles. The zero-order valence-corrected chi connectivity index (χ0v) is 21.7. The molecule has 5 heteroatoms. The van der Waals surface area contributed by atoms with Crippen LogP contribution in [-0.4, -0.2) is 26.0 Å². The first-order chi connectivity index (χ1) is 18.1. The fourth-order valence-electron chi connectivity index (χ4n) is 5.19. The number of hydrogen-bond donors (Lipinski definition) is 2. The van der Waals surface area contributed by atoms with Gasteiger partial charge in [0.25, 0.3) is 0 Å². The highest BCUT2D eigenvalue weighted by Crippen LogP contribution is 2.32. The standard InChI is InChI=1S/C32H35N5/c1-3-4-5-10-23(14-15-24-11-6-7-12-28(24)33)27-19-26-18-25(16-17-29(26)34-20-27)31-32(36-21-35-31)30-13-8-9-22(2)37-30/h3-5,8-10,13-14,16-21,24,28H,6-7,11-12,15,33H2,1-2H3,(H,35,36)/b4-3+,10-5+,23-14+/t24-,28+/m0/s1. The highest BCUT2D eigenvalue weighted by molar-refractivity contribution is 5.89. The Morgan fingerprint density at radius 2 is 1.97 bits per heavy atom. The Morgan fingerprint density at radius 3 is 2.81 bits per heavy atom. The lowest BCUT2D eigenvalue weighted by Crippen LogP contribution is -2.32. The molecular formula is C32H35N5. The van der Waals surface area contributed by atoms with Crippen LogP contribution in [0, 0.1) is 12.8 Å². The molecule has 1 aliphatic carbocycles. The Labute approximate surface area is 219 Å². The lowest BCUT2D eigenvalue weighted by Gasteiger charge is -2.27. The van der Waals surface area contributed by atoms with Gasteiger partial charge in [-0.05, 0) is 74.9 Å². The minimum Gasteiger partial charge on any atom is -0.343 e. The molecule has 37 heavy (non-hydrogen) atoms. The maximum absolute atomic E-state index is 6.44. The summed E-state index contributed by atoms with van der Waals surface area (Å²) in [6.07, 6.45) is 20.3. The van der Waals surface area contributed by atoms with Crippen LogP contribution in [-0.2, 0) is 0 Å². The van der Waals surface area contributed by atoms with Crippen LogP contribution < -0.4 is 5.73 Å². The predicted molar refractivity (Wildman–Crippen MR) is 154 cm³/mol. The Balaban J connectivity index is 1.50. The largest absolute Gasteiger partial charge is 0.343 e. The zero-order chi connectivity index (χ0) is 25.6. The Bertz CT molecular complexity index is 1460. The molecule has 4 aromatic rings. The maximum atomic E-state index is 6.44. The van der Waals surface area contributed by atoms with Gasteiger partial charge in [0.15, 0.2) is 0 Å². The van der Waals surface area contributed by atoms with Gasteiger partial charge in [-0.15, -0.1) is 0 Å². The second-order valence-electron chi connectivity index (χ2n) is 9.91. The van der Waals surface area contributed by atoms with E-state index in [0.29, 0.717) is 12.0 Å². The molecule has 0 spiro atoms. The fourth-order valence-corrected chi connectivity index (χ4v) is 5.19. The molecule has 0 amide bonds. The number of pyridine rings is 2. The molecule has 5 nitrogen and oxygen atoms in total. The second kappa shape index (κ2) is 11.5. The number of aromatic amines is 1. The lowest BCUT2D eigenvalue weighted by molar-refractivity contribution is 0.310. The van der Waals surface area contributed by atoms with E-state index in [2.05, 4.69) is 63.5 Å². The van der Waals surface area contributed by atoms with E-state index in [1.807, 2.05) is 44.3 Å². The summed E-state index contributed by atoms with van der Waals surface area (Å²) in [5.41, 5.74) is 14.4. The van der Waals surface area contributed by atoms with Crippen LogP contribution in [0.3, 0.4) is 0 Å². The molecule has 1 fully saturated rings. The van der Waals surface area contributed by atoms with Gasteiger partial charge in [0.1, 0.15) is 0 Å². The number of aryl methyl sites for hydroxylation is 1. The molecule has 3 N–H and O–H groups in total. The van der Waals surface area contributed by atoms with Crippen molar-refractivity contribution in [1.29, 1.82) is 0 Å². The summed E-state index contributed by atoms with van der Waals surface area (Å²) in [6.45, 7) is 4.03. The molecule has 0 aliphatic heterocycles. The van der Waals surface area contributed by atoms with E-state index in [0.717, 1.165) is 57.6 Å². The number of rotatable bonds is 7. The average molecular weight is 490 g/mol. The number of H-pyrrole nitrogens is 1. The number of nitrogens with two attached hydrogens (primary N) is 1. The van der Waals surface area contributed by atoms with Gasteiger partial charge in [0, 0.05) is 34.4 Å². The van der Waals surface area contributed by atoms with Crippen LogP contribution in [0.4, 0.5) is 0 Å². The van der Waals surface area contributed by atoms with Gasteiger partial charge >= 0.3 is 0 Å². The van der Waals surface area contributed by atoms with Crippen molar-refractivity contribution in [2.24, 2.45) is 11.7 Å². The van der Waals surface area contributed by atoms with Crippen molar-refractivity contribution in [3.05, 3.63) is 96.6 Å². The van der Waals surface area contributed by atoms with Crippen molar-refractivity contribution >= 4 is 16.5 Å². The zero-order valence-electron chi connectivity index (χ0n) is 21.7. The van der Waals surface area contributed by atoms with Crippen LogP contribution in [0.15, 0.2) is 85.4 Å². The average Bonchev–Trinajstić information content (AvgIpc) is 3.41. The minimum atomic E-state index is 0.300. The van der Waals surface area contributed by atoms with E-state index in [4.69, 9.17) is 10.7 Å². The van der Waals surface area contributed by atoms with Gasteiger partial charge < -0.3 is 10.7 Å². The van der Waals surface area contributed by atoms with Crippen molar-refractivity contribution in [3.63, 3.8) is 0 Å². The van der Waals surface area contributed by atoms with Crippen LogP contribution in [0.5, 0.6) is 0 Å². The van der Waals surface area contributed by atoms with Gasteiger partial charge in [0.2, 0.25) is 0 Å². The molecule has 1 aliphatic rings. The van der Waals surface area contributed by atoms with Gasteiger partial charge in [-0.25, -0.2) is 4.98 Å². The Hall–Kier alpha value is -3.83. The van der Waals surface area contributed by atoms with Gasteiger partial charge in [-0.3, -0.25) is 9.97 Å². The van der Waals surface area contributed by atoms with Gasteiger partial charge in [-0.1, -0.05) is 55.4 Å². The first-order valence-corrected chi connectivity index (χ1v) is 13.3. The van der Waals surface area contributed by atoms with Crippen LogP contribution >= 0.6 is 0 Å². The first kappa shape index (κ1) is 24.8. The number of aromatic nitrogens is 4. The molecule has 0 unspecified atom stereocenters. The van der Waals surface area contributed by atoms with E-state index in [9.17, 15) is 0 Å². The van der Waals surface area contributed by atoms with Gasteiger partial charge in [0.05, 0.1) is 28.9 Å². The summed E-state index contributed by atoms with van der Waals surface area (Å²) in [6, 6.07) is 14.9. The van der Waals surface area contributed by atoms with Crippen LogP contribution in [0.1, 0.15) is 50.3 Å².